The van der Waals surface area contributed by atoms with Gasteiger partial charge in [-0.1, -0.05) is 42.8 Å². The second-order valence-corrected chi connectivity index (χ2v) is 4.29. The number of aromatic nitrogens is 2. The molecule has 17 heavy (non-hydrogen) atoms. The lowest BCUT2D eigenvalue weighted by Crippen LogP contribution is -2.05. The van der Waals surface area contributed by atoms with Crippen molar-refractivity contribution in [3.05, 3.63) is 40.7 Å². The molecule has 4 heteroatoms. The van der Waals surface area contributed by atoms with Gasteiger partial charge in [-0.25, -0.2) is 4.98 Å². The van der Waals surface area contributed by atoms with E-state index in [-0.39, 0.29) is 0 Å². The van der Waals surface area contributed by atoms with Gasteiger partial charge in [0.2, 0.25) is 0 Å². The summed E-state index contributed by atoms with van der Waals surface area (Å²) in [5.41, 5.74) is 3.30. The molecule has 1 aromatic carbocycles. The number of rotatable bonds is 4. The molecule has 2 N–H and O–H groups in total. The monoisotopic (exact) mass is 249 g/mol. The summed E-state index contributed by atoms with van der Waals surface area (Å²) in [5.74, 6) is 0.822. The van der Waals surface area contributed by atoms with Crippen LogP contribution < -0.4 is 5.32 Å². The average molecular weight is 250 g/mol. The van der Waals surface area contributed by atoms with Gasteiger partial charge >= 0.3 is 0 Å². The Bertz CT molecular complexity index is 488. The van der Waals surface area contributed by atoms with E-state index in [1.165, 1.54) is 5.56 Å². The van der Waals surface area contributed by atoms with Gasteiger partial charge in [-0.2, -0.15) is 0 Å². The molecule has 1 heterocycles. The van der Waals surface area contributed by atoms with Crippen molar-refractivity contribution in [2.75, 3.05) is 7.05 Å². The minimum atomic E-state index is 0.536. The molecule has 1 aromatic heterocycles. The van der Waals surface area contributed by atoms with Crippen LogP contribution in [0.4, 0.5) is 0 Å². The first-order valence-corrected chi connectivity index (χ1v) is 6.10. The maximum Gasteiger partial charge on any atom is 0.152 e. The second kappa shape index (κ2) is 5.34. The SMILES string of the molecule is CCc1ccc(-c2nc(Cl)c(CNC)[nH]2)cc1. The fourth-order valence-electron chi connectivity index (χ4n) is 1.72. The van der Waals surface area contributed by atoms with Crippen molar-refractivity contribution in [1.29, 1.82) is 0 Å². The van der Waals surface area contributed by atoms with E-state index in [1.54, 1.807) is 0 Å². The Hall–Kier alpha value is -1.32. The molecule has 0 radical (unpaired) electrons. The molecular formula is C13H16ClN3. The second-order valence-electron chi connectivity index (χ2n) is 3.94. The normalized spacial score (nSPS) is 10.8. The third-order valence-electron chi connectivity index (χ3n) is 2.72. The number of halogens is 1. The van der Waals surface area contributed by atoms with Crippen LogP contribution in [0.2, 0.25) is 5.15 Å². The lowest BCUT2D eigenvalue weighted by atomic mass is 10.1. The first-order valence-electron chi connectivity index (χ1n) is 5.73. The fourth-order valence-corrected chi connectivity index (χ4v) is 1.92. The summed E-state index contributed by atoms with van der Waals surface area (Å²) < 4.78 is 0. The highest BCUT2D eigenvalue weighted by Gasteiger charge is 2.08. The van der Waals surface area contributed by atoms with Crippen molar-refractivity contribution < 1.29 is 0 Å². The fraction of sp³-hybridized carbons (Fsp3) is 0.308. The van der Waals surface area contributed by atoms with Gasteiger partial charge in [0.1, 0.15) is 5.82 Å². The molecule has 0 aliphatic heterocycles. The van der Waals surface area contributed by atoms with Gasteiger partial charge < -0.3 is 10.3 Å². The predicted molar refractivity (Wildman–Crippen MR) is 71.2 cm³/mol. The van der Waals surface area contributed by atoms with Crippen LogP contribution in [0, 0.1) is 0 Å². The van der Waals surface area contributed by atoms with Crippen molar-refractivity contribution in [2.24, 2.45) is 0 Å². The van der Waals surface area contributed by atoms with Crippen LogP contribution in [0.5, 0.6) is 0 Å². The van der Waals surface area contributed by atoms with E-state index in [0.717, 1.165) is 23.5 Å². The molecule has 0 saturated heterocycles. The Balaban J connectivity index is 2.29. The highest BCUT2D eigenvalue weighted by molar-refractivity contribution is 6.30. The topological polar surface area (TPSA) is 40.7 Å². The van der Waals surface area contributed by atoms with Crippen molar-refractivity contribution >= 4 is 11.6 Å². The third kappa shape index (κ3) is 2.68. The molecule has 0 spiro atoms. The van der Waals surface area contributed by atoms with Crippen molar-refractivity contribution in [3.8, 4) is 11.4 Å². The Kier molecular flexibility index (Phi) is 3.82. The van der Waals surface area contributed by atoms with Crippen LogP contribution in [0.1, 0.15) is 18.2 Å². The summed E-state index contributed by atoms with van der Waals surface area (Å²) >= 11 is 6.05. The highest BCUT2D eigenvalue weighted by atomic mass is 35.5. The zero-order chi connectivity index (χ0) is 12.3. The van der Waals surface area contributed by atoms with Crippen LogP contribution in [-0.4, -0.2) is 17.0 Å². The molecule has 2 rings (SSSR count). The average Bonchev–Trinajstić information content (AvgIpc) is 2.72. The number of imidazole rings is 1. The molecular weight excluding hydrogens is 234 g/mol. The largest absolute Gasteiger partial charge is 0.339 e. The van der Waals surface area contributed by atoms with E-state index in [9.17, 15) is 0 Å². The van der Waals surface area contributed by atoms with Crippen molar-refractivity contribution in [3.63, 3.8) is 0 Å². The van der Waals surface area contributed by atoms with Crippen LogP contribution in [-0.2, 0) is 13.0 Å². The molecule has 2 aromatic rings. The minimum absolute atomic E-state index is 0.536. The van der Waals surface area contributed by atoms with E-state index >= 15 is 0 Å². The molecule has 0 amide bonds. The van der Waals surface area contributed by atoms with E-state index in [1.807, 2.05) is 7.05 Å². The zero-order valence-corrected chi connectivity index (χ0v) is 10.8. The van der Waals surface area contributed by atoms with Gasteiger partial charge in [0.15, 0.2) is 5.15 Å². The zero-order valence-electron chi connectivity index (χ0n) is 10.0. The summed E-state index contributed by atoms with van der Waals surface area (Å²) in [5, 5.41) is 3.59. The number of hydrogen-bond acceptors (Lipinski definition) is 2. The highest BCUT2D eigenvalue weighted by Crippen LogP contribution is 2.21. The molecule has 3 nitrogen and oxygen atoms in total. The number of benzene rings is 1. The Labute approximate surface area is 106 Å². The molecule has 0 unspecified atom stereocenters. The van der Waals surface area contributed by atoms with Crippen LogP contribution >= 0.6 is 11.6 Å². The molecule has 0 saturated carbocycles. The molecule has 0 atom stereocenters. The van der Waals surface area contributed by atoms with E-state index in [4.69, 9.17) is 11.6 Å². The first kappa shape index (κ1) is 12.1. The molecule has 90 valence electrons. The predicted octanol–water partition coefficient (Wildman–Crippen LogP) is 3.01. The van der Waals surface area contributed by atoms with Gasteiger partial charge in [0, 0.05) is 12.1 Å². The smallest absolute Gasteiger partial charge is 0.152 e. The van der Waals surface area contributed by atoms with Gasteiger partial charge in [-0.3, -0.25) is 0 Å². The van der Waals surface area contributed by atoms with E-state index < -0.39 is 0 Å². The van der Waals surface area contributed by atoms with Crippen LogP contribution in [0.3, 0.4) is 0 Å². The molecule has 0 aliphatic rings. The summed E-state index contributed by atoms with van der Waals surface area (Å²) in [6.07, 6.45) is 1.05. The van der Waals surface area contributed by atoms with Gasteiger partial charge in [-0.05, 0) is 19.0 Å². The lowest BCUT2D eigenvalue weighted by molar-refractivity contribution is 0.798. The maximum atomic E-state index is 6.05. The van der Waals surface area contributed by atoms with Gasteiger partial charge in [-0.15, -0.1) is 0 Å². The van der Waals surface area contributed by atoms with Crippen molar-refractivity contribution in [1.82, 2.24) is 15.3 Å². The number of nitrogens with zero attached hydrogens (tertiary/aromatic N) is 1. The molecule has 0 bridgehead atoms. The number of aromatic amines is 1. The molecule has 0 fully saturated rings. The Morgan fingerprint density at radius 2 is 2.00 bits per heavy atom. The number of H-pyrrole nitrogens is 1. The summed E-state index contributed by atoms with van der Waals surface area (Å²) in [6, 6.07) is 8.36. The van der Waals surface area contributed by atoms with Gasteiger partial charge in [0.05, 0.1) is 5.69 Å². The third-order valence-corrected chi connectivity index (χ3v) is 3.03. The standard InChI is InChI=1S/C13H16ClN3/c1-3-9-4-6-10(7-5-9)13-16-11(8-15-2)12(14)17-13/h4-7,15H,3,8H2,1-2H3,(H,16,17). The first-order chi connectivity index (χ1) is 8.24. The summed E-state index contributed by atoms with van der Waals surface area (Å²) in [6.45, 7) is 2.84. The van der Waals surface area contributed by atoms with Crippen molar-refractivity contribution in [2.45, 2.75) is 19.9 Å². The van der Waals surface area contributed by atoms with Crippen LogP contribution in [0.25, 0.3) is 11.4 Å². The Morgan fingerprint density at radius 3 is 2.59 bits per heavy atom. The summed E-state index contributed by atoms with van der Waals surface area (Å²) in [4.78, 5) is 7.56. The molecule has 0 aliphatic carbocycles. The van der Waals surface area contributed by atoms with Crippen LogP contribution in [0.15, 0.2) is 24.3 Å². The van der Waals surface area contributed by atoms with E-state index in [0.29, 0.717) is 11.7 Å². The minimum Gasteiger partial charge on any atom is -0.339 e. The number of nitrogens with one attached hydrogen (secondary N) is 2. The lowest BCUT2D eigenvalue weighted by Gasteiger charge is -1.99. The van der Waals surface area contributed by atoms with E-state index in [2.05, 4.69) is 46.5 Å². The maximum absolute atomic E-state index is 6.05. The number of hydrogen-bond donors (Lipinski definition) is 2. The Morgan fingerprint density at radius 1 is 1.29 bits per heavy atom. The summed E-state index contributed by atoms with van der Waals surface area (Å²) in [7, 11) is 1.88. The van der Waals surface area contributed by atoms with Gasteiger partial charge in [0.25, 0.3) is 0 Å². The number of aryl methyl sites for hydroxylation is 1. The quantitative estimate of drug-likeness (QED) is 0.875.